The van der Waals surface area contributed by atoms with Gasteiger partial charge in [0.1, 0.15) is 5.82 Å². The summed E-state index contributed by atoms with van der Waals surface area (Å²) in [5.74, 6) is 2.33. The fourth-order valence-corrected chi connectivity index (χ4v) is 1.84. The van der Waals surface area contributed by atoms with Crippen LogP contribution in [0.4, 0.5) is 0 Å². The van der Waals surface area contributed by atoms with Crippen LogP contribution >= 0.6 is 0 Å². The molecule has 1 aliphatic heterocycles. The van der Waals surface area contributed by atoms with Gasteiger partial charge < -0.3 is 10.2 Å². The van der Waals surface area contributed by atoms with E-state index >= 15 is 0 Å². The highest BCUT2D eigenvalue weighted by atomic mass is 16.3. The van der Waals surface area contributed by atoms with Gasteiger partial charge in [-0.1, -0.05) is 0 Å². The zero-order chi connectivity index (χ0) is 10.3. The molecule has 0 fully saturated rings. The van der Waals surface area contributed by atoms with Crippen LogP contribution in [0.15, 0.2) is 22.8 Å². The van der Waals surface area contributed by atoms with E-state index in [9.17, 15) is 0 Å². The zero-order valence-electron chi connectivity index (χ0n) is 8.26. The summed E-state index contributed by atoms with van der Waals surface area (Å²) in [5, 5.41) is 4.38. The van der Waals surface area contributed by atoms with Gasteiger partial charge in [-0.3, -0.25) is 0 Å². The standard InChI is InChI=1S/C10H12N4O/c11-7-3-4-14-9(6-7)12-10(13-14)8-2-1-5-15-8/h1-2,5,7H,3-4,6,11H2. The number of fused-ring (bicyclic) bond motifs is 1. The van der Waals surface area contributed by atoms with E-state index in [1.54, 1.807) is 6.26 Å². The number of hydrogen-bond donors (Lipinski definition) is 1. The van der Waals surface area contributed by atoms with Crippen molar-refractivity contribution in [2.45, 2.75) is 25.4 Å². The lowest BCUT2D eigenvalue weighted by Crippen LogP contribution is -2.31. The van der Waals surface area contributed by atoms with E-state index in [1.165, 1.54) is 0 Å². The predicted octanol–water partition coefficient (Wildman–Crippen LogP) is 0.812. The number of aryl methyl sites for hydroxylation is 1. The van der Waals surface area contributed by atoms with E-state index < -0.39 is 0 Å². The molecule has 5 heteroatoms. The molecule has 0 aromatic carbocycles. The van der Waals surface area contributed by atoms with Gasteiger partial charge in [-0.05, 0) is 18.6 Å². The van der Waals surface area contributed by atoms with Crippen molar-refractivity contribution in [2.24, 2.45) is 5.73 Å². The third-order valence-corrected chi connectivity index (χ3v) is 2.65. The van der Waals surface area contributed by atoms with Crippen molar-refractivity contribution >= 4 is 0 Å². The van der Waals surface area contributed by atoms with Crippen LogP contribution in [-0.4, -0.2) is 20.8 Å². The number of rotatable bonds is 1. The van der Waals surface area contributed by atoms with Crippen LogP contribution in [0.25, 0.3) is 11.6 Å². The minimum absolute atomic E-state index is 0.214. The molecule has 2 aromatic heterocycles. The molecule has 0 radical (unpaired) electrons. The topological polar surface area (TPSA) is 69.9 Å². The number of nitrogens with two attached hydrogens (primary N) is 1. The number of nitrogens with zero attached hydrogens (tertiary/aromatic N) is 3. The van der Waals surface area contributed by atoms with Crippen molar-refractivity contribution in [2.75, 3.05) is 0 Å². The second kappa shape index (κ2) is 3.20. The third kappa shape index (κ3) is 1.45. The largest absolute Gasteiger partial charge is 0.461 e. The number of hydrogen-bond acceptors (Lipinski definition) is 4. The van der Waals surface area contributed by atoms with Gasteiger partial charge >= 0.3 is 0 Å². The van der Waals surface area contributed by atoms with E-state index in [1.807, 2.05) is 16.8 Å². The Morgan fingerprint density at radius 3 is 3.27 bits per heavy atom. The summed E-state index contributed by atoms with van der Waals surface area (Å²) in [4.78, 5) is 4.42. The Bertz CT molecular complexity index is 460. The molecule has 2 aromatic rings. The van der Waals surface area contributed by atoms with Crippen LogP contribution in [0.1, 0.15) is 12.2 Å². The fourth-order valence-electron chi connectivity index (χ4n) is 1.84. The summed E-state index contributed by atoms with van der Waals surface area (Å²) in [5.41, 5.74) is 5.87. The van der Waals surface area contributed by atoms with Crippen molar-refractivity contribution in [1.82, 2.24) is 14.8 Å². The lowest BCUT2D eigenvalue weighted by atomic mass is 10.1. The maximum Gasteiger partial charge on any atom is 0.217 e. The maximum atomic E-state index is 5.87. The summed E-state index contributed by atoms with van der Waals surface area (Å²) in [7, 11) is 0. The molecule has 0 saturated carbocycles. The molecule has 1 atom stereocenters. The summed E-state index contributed by atoms with van der Waals surface area (Å²) in [6, 6.07) is 3.91. The molecule has 0 aliphatic carbocycles. The van der Waals surface area contributed by atoms with Crippen molar-refractivity contribution in [1.29, 1.82) is 0 Å². The normalized spacial score (nSPS) is 20.2. The maximum absolute atomic E-state index is 5.87. The van der Waals surface area contributed by atoms with Gasteiger partial charge in [-0.2, -0.15) is 0 Å². The van der Waals surface area contributed by atoms with E-state index in [-0.39, 0.29) is 6.04 Å². The minimum Gasteiger partial charge on any atom is -0.461 e. The van der Waals surface area contributed by atoms with E-state index in [2.05, 4.69) is 10.1 Å². The molecule has 78 valence electrons. The van der Waals surface area contributed by atoms with Gasteiger partial charge in [0.05, 0.1) is 6.26 Å². The molecule has 0 saturated heterocycles. The molecule has 5 nitrogen and oxygen atoms in total. The second-order valence-corrected chi connectivity index (χ2v) is 3.80. The van der Waals surface area contributed by atoms with Gasteiger partial charge in [-0.25, -0.2) is 9.67 Å². The van der Waals surface area contributed by atoms with Crippen molar-refractivity contribution in [3.8, 4) is 11.6 Å². The quantitative estimate of drug-likeness (QED) is 0.746. The van der Waals surface area contributed by atoms with Crippen molar-refractivity contribution in [3.63, 3.8) is 0 Å². The highest BCUT2D eigenvalue weighted by molar-refractivity contribution is 5.45. The van der Waals surface area contributed by atoms with E-state index in [0.29, 0.717) is 11.6 Å². The summed E-state index contributed by atoms with van der Waals surface area (Å²) >= 11 is 0. The Morgan fingerprint density at radius 1 is 1.53 bits per heavy atom. The molecule has 1 aliphatic rings. The predicted molar refractivity (Wildman–Crippen MR) is 54.0 cm³/mol. The summed E-state index contributed by atoms with van der Waals surface area (Å²) in [6.45, 7) is 0.851. The van der Waals surface area contributed by atoms with Gasteiger partial charge in [0.2, 0.25) is 5.82 Å². The van der Waals surface area contributed by atoms with Crippen LogP contribution in [0.3, 0.4) is 0 Å². The van der Waals surface area contributed by atoms with Gasteiger partial charge in [0.25, 0.3) is 0 Å². The Hall–Kier alpha value is -1.62. The molecular formula is C10H12N4O. The molecule has 15 heavy (non-hydrogen) atoms. The fraction of sp³-hybridized carbons (Fsp3) is 0.400. The van der Waals surface area contributed by atoms with Crippen molar-refractivity contribution < 1.29 is 4.42 Å². The SMILES string of the molecule is NC1CCn2nc(-c3ccco3)nc2C1. The lowest BCUT2D eigenvalue weighted by molar-refractivity contribution is 0.432. The molecular weight excluding hydrogens is 192 g/mol. The van der Waals surface area contributed by atoms with Gasteiger partial charge in [0, 0.05) is 19.0 Å². The summed E-state index contributed by atoms with van der Waals surface area (Å²) in [6.07, 6.45) is 3.39. The highest BCUT2D eigenvalue weighted by Gasteiger charge is 2.20. The third-order valence-electron chi connectivity index (χ3n) is 2.65. The van der Waals surface area contributed by atoms with Gasteiger partial charge in [-0.15, -0.1) is 5.10 Å². The minimum atomic E-state index is 0.214. The number of aromatic nitrogens is 3. The zero-order valence-corrected chi connectivity index (χ0v) is 8.26. The average molecular weight is 204 g/mol. The molecule has 0 bridgehead atoms. The monoisotopic (exact) mass is 204 g/mol. The van der Waals surface area contributed by atoms with E-state index in [4.69, 9.17) is 10.2 Å². The average Bonchev–Trinajstić information content (AvgIpc) is 2.84. The van der Waals surface area contributed by atoms with Crippen LogP contribution in [0.2, 0.25) is 0 Å². The smallest absolute Gasteiger partial charge is 0.217 e. The van der Waals surface area contributed by atoms with Crippen LogP contribution in [-0.2, 0) is 13.0 Å². The first-order valence-electron chi connectivity index (χ1n) is 5.06. The highest BCUT2D eigenvalue weighted by Crippen LogP contribution is 2.19. The Labute approximate surface area is 86.9 Å². The Morgan fingerprint density at radius 2 is 2.47 bits per heavy atom. The Balaban J connectivity index is 2.00. The molecule has 0 amide bonds. The van der Waals surface area contributed by atoms with E-state index in [0.717, 1.165) is 25.2 Å². The molecule has 2 N–H and O–H groups in total. The lowest BCUT2D eigenvalue weighted by Gasteiger charge is -2.17. The number of furan rings is 1. The van der Waals surface area contributed by atoms with Crippen LogP contribution in [0, 0.1) is 0 Å². The molecule has 3 heterocycles. The molecule has 1 unspecified atom stereocenters. The van der Waals surface area contributed by atoms with Crippen LogP contribution in [0.5, 0.6) is 0 Å². The first-order valence-corrected chi connectivity index (χ1v) is 5.06. The Kier molecular flexibility index (Phi) is 1.85. The van der Waals surface area contributed by atoms with Crippen molar-refractivity contribution in [3.05, 3.63) is 24.2 Å². The molecule has 0 spiro atoms. The molecule has 3 rings (SSSR count). The van der Waals surface area contributed by atoms with Gasteiger partial charge in [0.15, 0.2) is 5.76 Å². The summed E-state index contributed by atoms with van der Waals surface area (Å²) < 4.78 is 7.17. The second-order valence-electron chi connectivity index (χ2n) is 3.80. The first kappa shape index (κ1) is 8.67. The first-order chi connectivity index (χ1) is 7.33. The van der Waals surface area contributed by atoms with Crippen LogP contribution < -0.4 is 5.73 Å².